The summed E-state index contributed by atoms with van der Waals surface area (Å²) in [5.41, 5.74) is 1.44. The lowest BCUT2D eigenvalue weighted by molar-refractivity contribution is -0.0707. The molecule has 1 aliphatic rings. The largest absolute Gasteiger partial charge is 0.373 e. The number of aromatic nitrogens is 3. The molecular weight excluding hydrogens is 410 g/mol. The molecule has 0 radical (unpaired) electrons. The van der Waals surface area contributed by atoms with Crippen LogP contribution < -0.4 is 10.9 Å². The summed E-state index contributed by atoms with van der Waals surface area (Å²) in [5, 5.41) is 5.89. The number of hydrogen-bond acceptors (Lipinski definition) is 8. The highest BCUT2D eigenvalue weighted by molar-refractivity contribution is 7.21. The van der Waals surface area contributed by atoms with Crippen LogP contribution in [0, 0.1) is 6.92 Å². The molecule has 0 bridgehead atoms. The quantitative estimate of drug-likeness (QED) is 0.680. The van der Waals surface area contributed by atoms with Crippen LogP contribution in [0.1, 0.15) is 34.8 Å². The van der Waals surface area contributed by atoms with Gasteiger partial charge in [-0.1, -0.05) is 0 Å². The second-order valence-corrected chi connectivity index (χ2v) is 9.30. The van der Waals surface area contributed by atoms with Gasteiger partial charge in [0.25, 0.3) is 11.5 Å². The van der Waals surface area contributed by atoms with E-state index in [1.807, 2.05) is 5.38 Å². The van der Waals surface area contributed by atoms with Gasteiger partial charge in [-0.2, -0.15) is 0 Å². The summed E-state index contributed by atoms with van der Waals surface area (Å²) in [6.45, 7) is 8.39. The zero-order valence-corrected chi connectivity index (χ0v) is 18.4. The summed E-state index contributed by atoms with van der Waals surface area (Å²) in [5.74, 6) is -0.262. The molecule has 0 saturated carbocycles. The summed E-state index contributed by atoms with van der Waals surface area (Å²) in [4.78, 5) is 37.4. The van der Waals surface area contributed by atoms with Gasteiger partial charge in [-0.25, -0.2) is 9.97 Å². The number of thiophene rings is 1. The van der Waals surface area contributed by atoms with E-state index in [4.69, 9.17) is 4.74 Å². The average Bonchev–Trinajstić information content (AvgIpc) is 3.21. The maximum Gasteiger partial charge on any atom is 0.267 e. The van der Waals surface area contributed by atoms with Crippen LogP contribution in [0.5, 0.6) is 0 Å². The van der Waals surface area contributed by atoms with E-state index >= 15 is 0 Å². The molecule has 0 aliphatic carbocycles. The fraction of sp³-hybridized carbons (Fsp3) is 0.474. The first-order valence-corrected chi connectivity index (χ1v) is 11.1. The van der Waals surface area contributed by atoms with Gasteiger partial charge in [-0.3, -0.25) is 19.8 Å². The minimum atomic E-state index is -0.262. The molecule has 0 aromatic carbocycles. The normalized spacial score (nSPS) is 20.3. The lowest BCUT2D eigenvalue weighted by Gasteiger charge is -2.34. The van der Waals surface area contributed by atoms with Crippen LogP contribution in [0.2, 0.25) is 0 Å². The molecule has 3 aromatic rings. The number of carbonyl (C=O) groups excluding carboxylic acids is 1. The van der Waals surface area contributed by atoms with Crippen LogP contribution >= 0.6 is 22.7 Å². The number of hydrogen-bond donors (Lipinski definition) is 1. The molecule has 1 N–H and O–H groups in total. The first kappa shape index (κ1) is 20.1. The van der Waals surface area contributed by atoms with E-state index < -0.39 is 0 Å². The van der Waals surface area contributed by atoms with Gasteiger partial charge in [0.05, 0.1) is 34.5 Å². The van der Waals surface area contributed by atoms with E-state index in [2.05, 4.69) is 34.0 Å². The number of amides is 1. The zero-order valence-electron chi connectivity index (χ0n) is 16.8. The minimum absolute atomic E-state index is 0.145. The van der Waals surface area contributed by atoms with Crippen molar-refractivity contribution in [1.82, 2.24) is 19.4 Å². The summed E-state index contributed by atoms with van der Waals surface area (Å²) in [6, 6.07) is 0. The number of morpholine rings is 1. The van der Waals surface area contributed by atoms with Crippen LogP contribution in [0.25, 0.3) is 10.2 Å². The topological polar surface area (TPSA) is 89.3 Å². The standard InChI is InChI=1S/C19H23N5O3S2/c1-10-5-24(6-11(2)27-10)7-13-8-28-19(21-13)22-16(25)15-12(3)14-17(29-15)20-9-23(4)18(14)26/h8-11H,5-7H2,1-4H3,(H,21,22,25). The maximum absolute atomic E-state index is 12.8. The van der Waals surface area contributed by atoms with Gasteiger partial charge in [-0.15, -0.1) is 22.7 Å². The Balaban J connectivity index is 1.48. The molecule has 1 aliphatic heterocycles. The number of ether oxygens (including phenoxy) is 1. The monoisotopic (exact) mass is 433 g/mol. The number of carbonyl (C=O) groups is 1. The first-order chi connectivity index (χ1) is 13.8. The predicted octanol–water partition coefficient (Wildman–Crippen LogP) is 2.62. The molecule has 0 spiro atoms. The van der Waals surface area contributed by atoms with Crippen molar-refractivity contribution in [2.24, 2.45) is 7.05 Å². The first-order valence-electron chi connectivity index (χ1n) is 9.40. The third-order valence-electron chi connectivity index (χ3n) is 4.87. The van der Waals surface area contributed by atoms with Crippen LogP contribution in [-0.4, -0.2) is 50.6 Å². The molecule has 3 aromatic heterocycles. The van der Waals surface area contributed by atoms with Gasteiger partial charge in [0.1, 0.15) is 4.83 Å². The Morgan fingerprint density at radius 2 is 2.07 bits per heavy atom. The number of nitrogens with one attached hydrogen (secondary N) is 1. The summed E-state index contributed by atoms with van der Waals surface area (Å²) in [7, 11) is 1.65. The van der Waals surface area contributed by atoms with E-state index in [1.165, 1.54) is 33.6 Å². The maximum atomic E-state index is 12.8. The molecule has 2 unspecified atom stereocenters. The van der Waals surface area contributed by atoms with Crippen LogP contribution in [0.3, 0.4) is 0 Å². The lowest BCUT2D eigenvalue weighted by atomic mass is 10.2. The number of fused-ring (bicyclic) bond motifs is 1. The van der Waals surface area contributed by atoms with Gasteiger partial charge in [0, 0.05) is 32.1 Å². The van der Waals surface area contributed by atoms with Gasteiger partial charge in [-0.05, 0) is 26.3 Å². The third kappa shape index (κ3) is 4.11. The molecule has 8 nitrogen and oxygen atoms in total. The Bertz CT molecular complexity index is 1110. The fourth-order valence-electron chi connectivity index (χ4n) is 3.66. The molecule has 1 saturated heterocycles. The summed E-state index contributed by atoms with van der Waals surface area (Å²) >= 11 is 2.63. The number of aryl methyl sites for hydroxylation is 2. The van der Waals surface area contributed by atoms with Crippen molar-refractivity contribution >= 4 is 43.9 Å². The number of rotatable bonds is 4. The highest BCUT2D eigenvalue weighted by atomic mass is 32.1. The lowest BCUT2D eigenvalue weighted by Crippen LogP contribution is -2.44. The van der Waals surface area contributed by atoms with Crippen molar-refractivity contribution in [3.05, 3.63) is 38.2 Å². The van der Waals surface area contributed by atoms with Crippen molar-refractivity contribution in [2.75, 3.05) is 18.4 Å². The smallest absolute Gasteiger partial charge is 0.267 e. The highest BCUT2D eigenvalue weighted by Crippen LogP contribution is 2.28. The number of nitrogens with zero attached hydrogens (tertiary/aromatic N) is 4. The second kappa shape index (κ2) is 7.94. The average molecular weight is 434 g/mol. The molecule has 10 heteroatoms. The van der Waals surface area contributed by atoms with Crippen LogP contribution in [-0.2, 0) is 18.3 Å². The molecule has 1 amide bonds. The van der Waals surface area contributed by atoms with E-state index in [-0.39, 0.29) is 23.7 Å². The van der Waals surface area contributed by atoms with Crippen molar-refractivity contribution in [1.29, 1.82) is 0 Å². The van der Waals surface area contributed by atoms with Gasteiger partial charge in [0.2, 0.25) is 0 Å². The molecule has 29 heavy (non-hydrogen) atoms. The Morgan fingerprint density at radius 3 is 2.79 bits per heavy atom. The molecular formula is C19H23N5O3S2. The van der Waals surface area contributed by atoms with Crippen molar-refractivity contribution in [3.8, 4) is 0 Å². The van der Waals surface area contributed by atoms with E-state index in [9.17, 15) is 9.59 Å². The van der Waals surface area contributed by atoms with E-state index in [0.29, 0.717) is 25.8 Å². The molecule has 4 rings (SSSR count). The number of thiazole rings is 1. The highest BCUT2D eigenvalue weighted by Gasteiger charge is 2.23. The van der Waals surface area contributed by atoms with Crippen LogP contribution in [0.15, 0.2) is 16.5 Å². The van der Waals surface area contributed by atoms with Gasteiger partial charge in [0.15, 0.2) is 5.13 Å². The molecule has 1 fully saturated rings. The van der Waals surface area contributed by atoms with Crippen molar-refractivity contribution in [3.63, 3.8) is 0 Å². The zero-order chi connectivity index (χ0) is 20.7. The Hall–Kier alpha value is -2.14. The SMILES string of the molecule is Cc1c(C(=O)Nc2nc(CN3CC(C)OC(C)C3)cs2)sc2ncn(C)c(=O)c12. The fourth-order valence-corrected chi connectivity index (χ4v) is 5.39. The second-order valence-electron chi connectivity index (χ2n) is 7.45. The number of anilines is 1. The molecule has 2 atom stereocenters. The van der Waals surface area contributed by atoms with Crippen molar-refractivity contribution < 1.29 is 9.53 Å². The van der Waals surface area contributed by atoms with E-state index in [1.54, 1.807) is 14.0 Å². The Morgan fingerprint density at radius 1 is 1.34 bits per heavy atom. The minimum Gasteiger partial charge on any atom is -0.373 e. The van der Waals surface area contributed by atoms with Gasteiger partial charge >= 0.3 is 0 Å². The third-order valence-corrected chi connectivity index (χ3v) is 6.88. The summed E-state index contributed by atoms with van der Waals surface area (Å²) in [6.07, 6.45) is 1.88. The summed E-state index contributed by atoms with van der Waals surface area (Å²) < 4.78 is 7.19. The molecule has 154 valence electrons. The Kier molecular flexibility index (Phi) is 5.52. The molecule has 4 heterocycles. The van der Waals surface area contributed by atoms with E-state index in [0.717, 1.165) is 25.3 Å². The van der Waals surface area contributed by atoms with Crippen molar-refractivity contribution in [2.45, 2.75) is 39.5 Å². The Labute approximate surface area is 176 Å². The predicted molar refractivity (Wildman–Crippen MR) is 115 cm³/mol. The van der Waals surface area contributed by atoms with Gasteiger partial charge < -0.3 is 9.30 Å². The van der Waals surface area contributed by atoms with Crippen LogP contribution in [0.4, 0.5) is 5.13 Å².